The third-order valence-corrected chi connectivity index (χ3v) is 3.53. The predicted octanol–water partition coefficient (Wildman–Crippen LogP) is 3.44. The molecule has 0 saturated carbocycles. The van der Waals surface area contributed by atoms with Crippen LogP contribution >= 0.6 is 0 Å². The molecule has 0 aliphatic carbocycles. The summed E-state index contributed by atoms with van der Waals surface area (Å²) in [5.41, 5.74) is 1.22. The van der Waals surface area contributed by atoms with Gasteiger partial charge in [0.1, 0.15) is 6.61 Å². The Morgan fingerprint density at radius 1 is 1.08 bits per heavy atom. The minimum Gasteiger partial charge on any atom is -0.462 e. The van der Waals surface area contributed by atoms with Gasteiger partial charge < -0.3 is 9.47 Å². The number of rotatable bonds is 6. The third kappa shape index (κ3) is 4.41. The highest BCUT2D eigenvalue weighted by Crippen LogP contribution is 2.22. The van der Waals surface area contributed by atoms with Crippen LogP contribution in [0.3, 0.4) is 0 Å². The normalized spacial score (nSPS) is 10.2. The Kier molecular flexibility index (Phi) is 5.84. The molecule has 0 amide bonds. The lowest BCUT2D eigenvalue weighted by atomic mass is 10.1. The van der Waals surface area contributed by atoms with Gasteiger partial charge in [0, 0.05) is 11.6 Å². The summed E-state index contributed by atoms with van der Waals surface area (Å²) >= 11 is 0. The maximum absolute atomic E-state index is 12.2. The van der Waals surface area contributed by atoms with Gasteiger partial charge in [0.2, 0.25) is 0 Å². The summed E-state index contributed by atoms with van der Waals surface area (Å²) in [7, 11) is 0. The summed E-state index contributed by atoms with van der Waals surface area (Å²) in [4.78, 5) is 34.3. The molecule has 130 valence electrons. The molecule has 0 fully saturated rings. The first-order valence-corrected chi connectivity index (χ1v) is 7.61. The van der Waals surface area contributed by atoms with Crippen LogP contribution in [0.5, 0.6) is 0 Å². The number of carbonyl (C=O) groups is 2. The second-order valence-electron chi connectivity index (χ2n) is 5.20. The molecule has 7 heteroatoms. The van der Waals surface area contributed by atoms with Gasteiger partial charge in [-0.25, -0.2) is 9.59 Å². The number of nitrogens with zero attached hydrogens (tertiary/aromatic N) is 1. The monoisotopic (exact) mass is 343 g/mol. The number of benzene rings is 2. The number of nitro benzene ring substituents is 1. The summed E-state index contributed by atoms with van der Waals surface area (Å²) in [6.45, 7) is 3.42. The summed E-state index contributed by atoms with van der Waals surface area (Å²) in [6, 6.07) is 10.8. The molecule has 0 aliphatic rings. The van der Waals surface area contributed by atoms with Crippen LogP contribution in [-0.2, 0) is 16.1 Å². The van der Waals surface area contributed by atoms with Crippen LogP contribution in [-0.4, -0.2) is 23.5 Å². The number of nitro groups is 1. The number of ether oxygens (including phenoxy) is 2. The molecule has 0 heterocycles. The van der Waals surface area contributed by atoms with Crippen molar-refractivity contribution in [1.82, 2.24) is 0 Å². The molecule has 2 aromatic carbocycles. The van der Waals surface area contributed by atoms with E-state index in [0.29, 0.717) is 11.1 Å². The van der Waals surface area contributed by atoms with Crippen LogP contribution in [0, 0.1) is 17.0 Å². The third-order valence-electron chi connectivity index (χ3n) is 3.53. The summed E-state index contributed by atoms with van der Waals surface area (Å²) in [5, 5.41) is 10.9. The van der Waals surface area contributed by atoms with Crippen LogP contribution in [0.1, 0.15) is 38.8 Å². The van der Waals surface area contributed by atoms with Gasteiger partial charge in [-0.15, -0.1) is 0 Å². The number of hydrogen-bond donors (Lipinski definition) is 0. The lowest BCUT2D eigenvalue weighted by Crippen LogP contribution is -2.09. The van der Waals surface area contributed by atoms with E-state index in [-0.39, 0.29) is 30.0 Å². The second kappa shape index (κ2) is 8.05. The molecule has 0 bridgehead atoms. The molecule has 0 aliphatic heterocycles. The first-order chi connectivity index (χ1) is 11.9. The van der Waals surface area contributed by atoms with Gasteiger partial charge in [-0.05, 0) is 37.6 Å². The molecule has 2 aromatic rings. The van der Waals surface area contributed by atoms with E-state index in [0.717, 1.165) is 0 Å². The Morgan fingerprint density at radius 2 is 1.80 bits per heavy atom. The number of carbonyl (C=O) groups excluding carboxylic acids is 2. The quantitative estimate of drug-likeness (QED) is 0.453. The predicted molar refractivity (Wildman–Crippen MR) is 89.4 cm³/mol. The van der Waals surface area contributed by atoms with Crippen molar-refractivity contribution in [1.29, 1.82) is 0 Å². The molecule has 0 atom stereocenters. The fourth-order valence-corrected chi connectivity index (χ4v) is 2.27. The highest BCUT2D eigenvalue weighted by molar-refractivity contribution is 5.92. The zero-order chi connectivity index (χ0) is 18.4. The van der Waals surface area contributed by atoms with Crippen molar-refractivity contribution in [2.45, 2.75) is 20.5 Å². The molecular formula is C18H17NO6. The molecule has 0 radical (unpaired) electrons. The van der Waals surface area contributed by atoms with Gasteiger partial charge in [-0.3, -0.25) is 10.1 Å². The molecule has 0 saturated heterocycles. The molecule has 2 rings (SSSR count). The maximum atomic E-state index is 12.2. The zero-order valence-electron chi connectivity index (χ0n) is 13.9. The Balaban J connectivity index is 2.11. The maximum Gasteiger partial charge on any atom is 0.338 e. The first-order valence-electron chi connectivity index (χ1n) is 7.61. The SMILES string of the molecule is CCOC(=O)c1cccc(COC(=O)c2cccc([N+](=O)[O-])c2C)c1. The summed E-state index contributed by atoms with van der Waals surface area (Å²) < 4.78 is 10.1. The average Bonchev–Trinajstić information content (AvgIpc) is 2.60. The minimum absolute atomic E-state index is 0.0613. The van der Waals surface area contributed by atoms with Gasteiger partial charge >= 0.3 is 11.9 Å². The number of esters is 2. The molecule has 7 nitrogen and oxygen atoms in total. The van der Waals surface area contributed by atoms with Crippen LogP contribution in [0.25, 0.3) is 0 Å². The van der Waals surface area contributed by atoms with E-state index in [1.807, 2.05) is 0 Å². The highest BCUT2D eigenvalue weighted by Gasteiger charge is 2.19. The van der Waals surface area contributed by atoms with Gasteiger partial charge in [0.05, 0.1) is 22.7 Å². The van der Waals surface area contributed by atoms with Crippen molar-refractivity contribution in [2.24, 2.45) is 0 Å². The smallest absolute Gasteiger partial charge is 0.338 e. The van der Waals surface area contributed by atoms with Gasteiger partial charge in [0.15, 0.2) is 0 Å². The van der Waals surface area contributed by atoms with Crippen molar-refractivity contribution in [2.75, 3.05) is 6.61 Å². The van der Waals surface area contributed by atoms with E-state index in [2.05, 4.69) is 0 Å². The van der Waals surface area contributed by atoms with Crippen molar-refractivity contribution in [3.05, 3.63) is 74.8 Å². The molecule has 25 heavy (non-hydrogen) atoms. The Morgan fingerprint density at radius 3 is 2.48 bits per heavy atom. The van der Waals surface area contributed by atoms with Crippen molar-refractivity contribution < 1.29 is 24.0 Å². The molecular weight excluding hydrogens is 326 g/mol. The number of hydrogen-bond acceptors (Lipinski definition) is 6. The summed E-state index contributed by atoms with van der Waals surface area (Å²) in [5.74, 6) is -1.12. The molecule has 0 aromatic heterocycles. The van der Waals surface area contributed by atoms with E-state index in [9.17, 15) is 19.7 Å². The van der Waals surface area contributed by atoms with E-state index < -0.39 is 16.9 Å². The van der Waals surface area contributed by atoms with E-state index >= 15 is 0 Å². The lowest BCUT2D eigenvalue weighted by Gasteiger charge is -2.08. The Hall–Kier alpha value is -3.22. The van der Waals surface area contributed by atoms with Gasteiger partial charge in [0.25, 0.3) is 5.69 Å². The Labute approximate surface area is 144 Å². The van der Waals surface area contributed by atoms with Crippen LogP contribution in [0.2, 0.25) is 0 Å². The van der Waals surface area contributed by atoms with Crippen LogP contribution in [0.15, 0.2) is 42.5 Å². The van der Waals surface area contributed by atoms with E-state index in [1.165, 1.54) is 25.1 Å². The minimum atomic E-state index is -0.664. The lowest BCUT2D eigenvalue weighted by molar-refractivity contribution is -0.385. The largest absolute Gasteiger partial charge is 0.462 e. The van der Waals surface area contributed by atoms with Gasteiger partial charge in [-0.1, -0.05) is 18.2 Å². The topological polar surface area (TPSA) is 95.7 Å². The van der Waals surface area contributed by atoms with Crippen molar-refractivity contribution >= 4 is 17.6 Å². The van der Waals surface area contributed by atoms with Crippen LogP contribution < -0.4 is 0 Å². The fourth-order valence-electron chi connectivity index (χ4n) is 2.27. The standard InChI is InChI=1S/C18H17NO6/c1-3-24-17(20)14-7-4-6-13(10-14)11-25-18(21)15-8-5-9-16(12(15)2)19(22)23/h4-10H,3,11H2,1-2H3. The Bertz CT molecular complexity index is 815. The molecule has 0 unspecified atom stereocenters. The average molecular weight is 343 g/mol. The van der Waals surface area contributed by atoms with Crippen LogP contribution in [0.4, 0.5) is 5.69 Å². The fraction of sp³-hybridized carbons (Fsp3) is 0.222. The van der Waals surface area contributed by atoms with Crippen molar-refractivity contribution in [3.63, 3.8) is 0 Å². The zero-order valence-corrected chi connectivity index (χ0v) is 13.9. The second-order valence-corrected chi connectivity index (χ2v) is 5.20. The van der Waals surface area contributed by atoms with Crippen molar-refractivity contribution in [3.8, 4) is 0 Å². The van der Waals surface area contributed by atoms with Gasteiger partial charge in [-0.2, -0.15) is 0 Å². The highest BCUT2D eigenvalue weighted by atomic mass is 16.6. The van der Waals surface area contributed by atoms with E-state index in [4.69, 9.17) is 9.47 Å². The molecule has 0 spiro atoms. The van der Waals surface area contributed by atoms with E-state index in [1.54, 1.807) is 31.2 Å². The summed E-state index contributed by atoms with van der Waals surface area (Å²) in [6.07, 6.45) is 0. The molecule has 0 N–H and O–H groups in total. The first kappa shape index (κ1) is 18.1.